The Morgan fingerprint density at radius 1 is 1.04 bits per heavy atom. The zero-order valence-corrected chi connectivity index (χ0v) is 14.8. The van der Waals surface area contributed by atoms with Crippen molar-refractivity contribution in [1.29, 1.82) is 0 Å². The van der Waals surface area contributed by atoms with Gasteiger partial charge in [0.2, 0.25) is 5.88 Å². The monoisotopic (exact) mass is 380 g/mol. The number of methoxy groups -OCH3 is 1. The average Bonchev–Trinajstić information content (AvgIpc) is 2.72. The molecule has 0 bridgehead atoms. The molecule has 3 aromatic heterocycles. The molecule has 4 aromatic rings. The van der Waals surface area contributed by atoms with Crippen molar-refractivity contribution in [3.05, 3.63) is 82.8 Å². The van der Waals surface area contributed by atoms with E-state index >= 15 is 0 Å². The van der Waals surface area contributed by atoms with Crippen molar-refractivity contribution in [3.8, 4) is 17.0 Å². The van der Waals surface area contributed by atoms with E-state index in [1.165, 1.54) is 54.8 Å². The molecule has 28 heavy (non-hydrogen) atoms. The maximum atomic E-state index is 14.7. The number of hydrogen-bond donors (Lipinski definition) is 0. The second-order valence-corrected chi connectivity index (χ2v) is 6.08. The summed E-state index contributed by atoms with van der Waals surface area (Å²) in [5.41, 5.74) is 0.714. The summed E-state index contributed by atoms with van der Waals surface area (Å²) < 4.78 is 35.6. The molecule has 0 N–H and O–H groups in total. The SMILES string of the molecule is COc1cc(-c2cc(F)c(Cn3cnc4cnccc4c3=O)c(F)c2)ccn1. The van der Waals surface area contributed by atoms with Crippen molar-refractivity contribution in [2.24, 2.45) is 0 Å². The van der Waals surface area contributed by atoms with E-state index in [0.717, 1.165) is 0 Å². The van der Waals surface area contributed by atoms with Gasteiger partial charge in [0.05, 0.1) is 37.1 Å². The number of pyridine rings is 2. The van der Waals surface area contributed by atoms with Crippen LogP contribution in [0.5, 0.6) is 5.88 Å². The minimum Gasteiger partial charge on any atom is -0.481 e. The molecule has 8 heteroatoms. The number of benzene rings is 1. The number of nitrogens with zero attached hydrogens (tertiary/aromatic N) is 4. The third-order valence-electron chi connectivity index (χ3n) is 4.37. The van der Waals surface area contributed by atoms with Gasteiger partial charge in [-0.05, 0) is 35.4 Å². The van der Waals surface area contributed by atoms with Gasteiger partial charge >= 0.3 is 0 Å². The lowest BCUT2D eigenvalue weighted by molar-refractivity contribution is 0.398. The molecule has 0 radical (unpaired) electrons. The minimum absolute atomic E-state index is 0.220. The van der Waals surface area contributed by atoms with Gasteiger partial charge in [0.1, 0.15) is 11.6 Å². The van der Waals surface area contributed by atoms with Gasteiger partial charge in [-0.2, -0.15) is 0 Å². The highest BCUT2D eigenvalue weighted by Gasteiger charge is 2.15. The molecule has 4 rings (SSSR count). The van der Waals surface area contributed by atoms with Crippen molar-refractivity contribution >= 4 is 10.9 Å². The molecule has 0 aliphatic heterocycles. The quantitative estimate of drug-likeness (QED) is 0.544. The minimum atomic E-state index is -0.757. The molecule has 6 nitrogen and oxygen atoms in total. The second kappa shape index (κ2) is 7.15. The highest BCUT2D eigenvalue weighted by molar-refractivity contribution is 5.75. The molecule has 140 valence electrons. The molecular formula is C20H14F2N4O2. The van der Waals surface area contributed by atoms with Crippen molar-refractivity contribution in [2.75, 3.05) is 7.11 Å². The van der Waals surface area contributed by atoms with E-state index in [9.17, 15) is 13.6 Å². The lowest BCUT2D eigenvalue weighted by Crippen LogP contribution is -2.22. The van der Waals surface area contributed by atoms with E-state index in [1.54, 1.807) is 12.1 Å². The Bertz CT molecular complexity index is 1220. The van der Waals surface area contributed by atoms with Crippen LogP contribution in [-0.4, -0.2) is 26.6 Å². The molecule has 0 spiro atoms. The molecule has 0 aliphatic carbocycles. The number of halogens is 2. The summed E-state index contributed by atoms with van der Waals surface area (Å²) in [5, 5.41) is 0.332. The summed E-state index contributed by atoms with van der Waals surface area (Å²) in [7, 11) is 1.46. The van der Waals surface area contributed by atoms with Crippen LogP contribution in [-0.2, 0) is 6.54 Å². The Balaban J connectivity index is 1.73. The van der Waals surface area contributed by atoms with Gasteiger partial charge in [-0.1, -0.05) is 0 Å². The summed E-state index contributed by atoms with van der Waals surface area (Å²) in [6, 6.07) is 7.17. The smallest absolute Gasteiger partial charge is 0.261 e. The molecule has 3 heterocycles. The van der Waals surface area contributed by atoms with Gasteiger partial charge in [0, 0.05) is 24.0 Å². The maximum Gasteiger partial charge on any atom is 0.261 e. The summed E-state index contributed by atoms with van der Waals surface area (Å²) >= 11 is 0. The van der Waals surface area contributed by atoms with Gasteiger partial charge in [0.25, 0.3) is 5.56 Å². The van der Waals surface area contributed by atoms with E-state index in [-0.39, 0.29) is 12.1 Å². The number of rotatable bonds is 4. The van der Waals surface area contributed by atoms with Gasteiger partial charge in [-0.15, -0.1) is 0 Å². The molecule has 1 aromatic carbocycles. The third-order valence-corrected chi connectivity index (χ3v) is 4.37. The molecule has 0 saturated heterocycles. The normalized spacial score (nSPS) is 11.0. The molecule has 0 aliphatic rings. The lowest BCUT2D eigenvalue weighted by Gasteiger charge is -2.11. The van der Waals surface area contributed by atoms with Crippen LogP contribution < -0.4 is 10.3 Å². The van der Waals surface area contributed by atoms with Gasteiger partial charge in [-0.3, -0.25) is 14.3 Å². The van der Waals surface area contributed by atoms with E-state index in [2.05, 4.69) is 15.0 Å². The largest absolute Gasteiger partial charge is 0.481 e. The maximum absolute atomic E-state index is 14.7. The predicted molar refractivity (Wildman–Crippen MR) is 99.0 cm³/mol. The van der Waals surface area contributed by atoms with Crippen LogP contribution in [0.15, 0.2) is 60.0 Å². The fraction of sp³-hybridized carbons (Fsp3) is 0.100. The molecular weight excluding hydrogens is 366 g/mol. The first-order valence-corrected chi connectivity index (χ1v) is 8.34. The van der Waals surface area contributed by atoms with Crippen LogP contribution in [0.25, 0.3) is 22.0 Å². The molecule has 0 atom stereocenters. The molecule has 0 unspecified atom stereocenters. The Kier molecular flexibility index (Phi) is 4.52. The second-order valence-electron chi connectivity index (χ2n) is 6.08. The van der Waals surface area contributed by atoms with Crippen LogP contribution in [0.3, 0.4) is 0 Å². The first-order valence-electron chi connectivity index (χ1n) is 8.34. The molecule has 0 amide bonds. The van der Waals surface area contributed by atoms with Gasteiger partial charge in [0.15, 0.2) is 0 Å². The number of hydrogen-bond acceptors (Lipinski definition) is 5. The Hall–Kier alpha value is -3.68. The predicted octanol–water partition coefficient (Wildman–Crippen LogP) is 3.19. The van der Waals surface area contributed by atoms with Crippen molar-refractivity contribution < 1.29 is 13.5 Å². The van der Waals surface area contributed by atoms with Gasteiger partial charge < -0.3 is 4.74 Å². The Morgan fingerprint density at radius 2 is 1.82 bits per heavy atom. The number of aromatic nitrogens is 4. The van der Waals surface area contributed by atoms with Crippen LogP contribution in [0, 0.1) is 11.6 Å². The lowest BCUT2D eigenvalue weighted by atomic mass is 10.0. The summed E-state index contributed by atoms with van der Waals surface area (Å²) in [4.78, 5) is 24.5. The Labute approximate surface area is 158 Å². The molecule has 0 fully saturated rings. The first kappa shape index (κ1) is 17.7. The standard InChI is InChI=1S/C20H14F2N4O2/c1-28-19-8-12(2-5-24-19)13-6-16(21)15(17(22)7-13)10-26-11-25-18-9-23-4-3-14(18)20(26)27/h2-9,11H,10H2,1H3. The summed E-state index contributed by atoms with van der Waals surface area (Å²) in [5.74, 6) is -1.18. The van der Waals surface area contributed by atoms with Crippen molar-refractivity contribution in [1.82, 2.24) is 19.5 Å². The van der Waals surface area contributed by atoms with E-state index in [1.807, 2.05) is 0 Å². The van der Waals surface area contributed by atoms with Crippen LogP contribution in [0.2, 0.25) is 0 Å². The average molecular weight is 380 g/mol. The third kappa shape index (κ3) is 3.20. The van der Waals surface area contributed by atoms with Crippen molar-refractivity contribution in [2.45, 2.75) is 6.54 Å². The summed E-state index contributed by atoms with van der Waals surface area (Å²) in [6.45, 7) is -0.276. The molecule has 0 saturated carbocycles. The topological polar surface area (TPSA) is 69.9 Å². The highest BCUT2D eigenvalue weighted by atomic mass is 19.1. The Morgan fingerprint density at radius 3 is 2.57 bits per heavy atom. The van der Waals surface area contributed by atoms with E-state index in [0.29, 0.717) is 27.9 Å². The van der Waals surface area contributed by atoms with E-state index < -0.39 is 17.2 Å². The fourth-order valence-corrected chi connectivity index (χ4v) is 2.91. The van der Waals surface area contributed by atoms with Crippen LogP contribution >= 0.6 is 0 Å². The number of fused-ring (bicyclic) bond motifs is 1. The number of ether oxygens (including phenoxy) is 1. The zero-order valence-electron chi connectivity index (χ0n) is 14.8. The highest BCUT2D eigenvalue weighted by Crippen LogP contribution is 2.26. The van der Waals surface area contributed by atoms with Crippen LogP contribution in [0.4, 0.5) is 8.78 Å². The van der Waals surface area contributed by atoms with E-state index in [4.69, 9.17) is 4.74 Å². The van der Waals surface area contributed by atoms with Crippen molar-refractivity contribution in [3.63, 3.8) is 0 Å². The fourth-order valence-electron chi connectivity index (χ4n) is 2.91. The van der Waals surface area contributed by atoms with Gasteiger partial charge in [-0.25, -0.2) is 18.7 Å². The first-order chi connectivity index (χ1) is 13.6. The zero-order chi connectivity index (χ0) is 19.7. The van der Waals surface area contributed by atoms with Crippen LogP contribution in [0.1, 0.15) is 5.56 Å². The summed E-state index contributed by atoms with van der Waals surface area (Å²) in [6.07, 6.45) is 5.68.